The van der Waals surface area contributed by atoms with E-state index in [1.54, 1.807) is 19.2 Å². The maximum absolute atomic E-state index is 13.5. The van der Waals surface area contributed by atoms with Crippen LogP contribution in [-0.4, -0.2) is 68.3 Å². The van der Waals surface area contributed by atoms with Gasteiger partial charge in [0.15, 0.2) is 5.82 Å². The Bertz CT molecular complexity index is 1540. The van der Waals surface area contributed by atoms with Gasteiger partial charge in [-0.15, -0.1) is 5.10 Å². The smallest absolute Gasteiger partial charge is 0.269 e. The van der Waals surface area contributed by atoms with E-state index in [4.69, 9.17) is 4.74 Å². The van der Waals surface area contributed by atoms with Crippen LogP contribution in [0.4, 0.5) is 11.4 Å². The number of aromatic amines is 1. The largest absolute Gasteiger partial charge is 0.497 e. The van der Waals surface area contributed by atoms with E-state index >= 15 is 0 Å². The highest BCUT2D eigenvalue weighted by molar-refractivity contribution is 5.80. The van der Waals surface area contributed by atoms with Gasteiger partial charge in [-0.05, 0) is 59.7 Å². The Labute approximate surface area is 224 Å². The first-order valence-corrected chi connectivity index (χ1v) is 13.2. The number of anilines is 1. The first-order chi connectivity index (χ1) is 19.0. The van der Waals surface area contributed by atoms with Crippen molar-refractivity contribution in [1.82, 2.24) is 30.1 Å². The summed E-state index contributed by atoms with van der Waals surface area (Å²) in [5.74, 6) is 1.39. The number of tetrazole rings is 1. The van der Waals surface area contributed by atoms with E-state index < -0.39 is 11.0 Å². The predicted molar refractivity (Wildman–Crippen MR) is 145 cm³/mol. The van der Waals surface area contributed by atoms with Crippen molar-refractivity contribution < 1.29 is 9.66 Å². The molecule has 1 aliphatic carbocycles. The molecule has 202 valence electrons. The summed E-state index contributed by atoms with van der Waals surface area (Å²) in [6.45, 7) is 2.71. The Kier molecular flexibility index (Phi) is 6.69. The van der Waals surface area contributed by atoms with Crippen LogP contribution >= 0.6 is 0 Å². The lowest BCUT2D eigenvalue weighted by atomic mass is 10.0. The monoisotopic (exact) mass is 530 g/mol. The topological polar surface area (TPSA) is 135 Å². The molecule has 2 aromatic heterocycles. The van der Waals surface area contributed by atoms with Crippen molar-refractivity contribution in [3.05, 3.63) is 80.4 Å². The highest BCUT2D eigenvalue weighted by atomic mass is 16.6. The number of pyridine rings is 1. The molecule has 2 aliphatic rings. The lowest BCUT2D eigenvalue weighted by Gasteiger charge is -2.39. The molecule has 1 saturated heterocycles. The number of ether oxygens (including phenoxy) is 1. The number of hydrogen-bond donors (Lipinski definition) is 1. The van der Waals surface area contributed by atoms with Gasteiger partial charge >= 0.3 is 0 Å². The van der Waals surface area contributed by atoms with Crippen LogP contribution in [0.1, 0.15) is 49.2 Å². The minimum absolute atomic E-state index is 0.0726. The summed E-state index contributed by atoms with van der Waals surface area (Å²) in [5.41, 5.74) is 2.17. The second kappa shape index (κ2) is 10.4. The Morgan fingerprint density at radius 3 is 2.49 bits per heavy atom. The van der Waals surface area contributed by atoms with Gasteiger partial charge in [-0.25, -0.2) is 4.68 Å². The van der Waals surface area contributed by atoms with Crippen molar-refractivity contribution in [1.29, 1.82) is 0 Å². The molecule has 6 rings (SSSR count). The molecule has 2 aromatic carbocycles. The van der Waals surface area contributed by atoms with Crippen molar-refractivity contribution in [2.75, 3.05) is 38.2 Å². The first kappa shape index (κ1) is 25.0. The number of piperazine rings is 1. The third kappa shape index (κ3) is 4.83. The van der Waals surface area contributed by atoms with Gasteiger partial charge in [0.1, 0.15) is 11.8 Å². The Morgan fingerprint density at radius 2 is 1.79 bits per heavy atom. The fraction of sp³-hybridized carbons (Fsp3) is 0.407. The number of aromatic nitrogens is 5. The molecule has 1 aliphatic heterocycles. The van der Waals surface area contributed by atoms with Crippen molar-refractivity contribution in [3.63, 3.8) is 0 Å². The van der Waals surface area contributed by atoms with Gasteiger partial charge < -0.3 is 14.6 Å². The average Bonchev–Trinajstić information content (AvgIpc) is 3.66. The third-order valence-corrected chi connectivity index (χ3v) is 7.91. The van der Waals surface area contributed by atoms with Gasteiger partial charge in [0.25, 0.3) is 11.2 Å². The summed E-state index contributed by atoms with van der Waals surface area (Å²) in [7, 11) is 1.62. The molecule has 0 amide bonds. The Morgan fingerprint density at radius 1 is 1.05 bits per heavy atom. The number of benzene rings is 2. The summed E-state index contributed by atoms with van der Waals surface area (Å²) in [5, 5.41) is 24.8. The molecule has 0 bridgehead atoms. The van der Waals surface area contributed by atoms with Crippen LogP contribution in [0.5, 0.6) is 5.75 Å². The number of fused-ring (bicyclic) bond motifs is 1. The zero-order chi connectivity index (χ0) is 26.9. The first-order valence-electron chi connectivity index (χ1n) is 13.2. The second-order valence-corrected chi connectivity index (χ2v) is 10.1. The number of nitrogens with zero attached hydrogens (tertiary/aromatic N) is 7. The molecule has 12 nitrogen and oxygen atoms in total. The van der Waals surface area contributed by atoms with Crippen LogP contribution in [0.25, 0.3) is 10.9 Å². The van der Waals surface area contributed by atoms with E-state index in [1.165, 1.54) is 12.1 Å². The maximum Gasteiger partial charge on any atom is 0.269 e. The highest BCUT2D eigenvalue weighted by Gasteiger charge is 2.35. The summed E-state index contributed by atoms with van der Waals surface area (Å²) in [6, 6.07) is 13.9. The van der Waals surface area contributed by atoms with Gasteiger partial charge in [0.05, 0.1) is 18.1 Å². The number of nitrogens with one attached hydrogen (secondary N) is 1. The number of non-ortho nitro benzene ring substituents is 1. The van der Waals surface area contributed by atoms with E-state index in [1.807, 2.05) is 28.9 Å². The number of nitro benzene ring substituents is 1. The van der Waals surface area contributed by atoms with Crippen molar-refractivity contribution >= 4 is 22.3 Å². The lowest BCUT2D eigenvalue weighted by Crippen LogP contribution is -2.49. The molecule has 1 N–H and O–H groups in total. The third-order valence-electron chi connectivity index (χ3n) is 7.91. The number of H-pyrrole nitrogens is 1. The molecule has 4 aromatic rings. The number of nitro groups is 1. The fourth-order valence-corrected chi connectivity index (χ4v) is 5.84. The maximum atomic E-state index is 13.5. The molecule has 3 heterocycles. The van der Waals surface area contributed by atoms with E-state index in [2.05, 4.69) is 30.3 Å². The summed E-state index contributed by atoms with van der Waals surface area (Å²) in [4.78, 5) is 31.7. The van der Waals surface area contributed by atoms with Crippen LogP contribution in [0.3, 0.4) is 0 Å². The van der Waals surface area contributed by atoms with Gasteiger partial charge in [0, 0.05) is 60.5 Å². The molecular weight excluding hydrogens is 500 g/mol. The van der Waals surface area contributed by atoms with Gasteiger partial charge in [-0.2, -0.15) is 0 Å². The normalized spacial score (nSPS) is 17.5. The second-order valence-electron chi connectivity index (χ2n) is 10.1. The minimum Gasteiger partial charge on any atom is -0.497 e. The quantitative estimate of drug-likeness (QED) is 0.281. The zero-order valence-corrected chi connectivity index (χ0v) is 21.7. The zero-order valence-electron chi connectivity index (χ0n) is 21.7. The van der Waals surface area contributed by atoms with Gasteiger partial charge in [-0.3, -0.25) is 19.8 Å². The average molecular weight is 531 g/mol. The Hall–Kier alpha value is -4.32. The number of methoxy groups -OCH3 is 1. The van der Waals surface area contributed by atoms with E-state index in [9.17, 15) is 14.9 Å². The summed E-state index contributed by atoms with van der Waals surface area (Å²) < 4.78 is 7.35. The molecular formula is C27H30N8O4. The highest BCUT2D eigenvalue weighted by Crippen LogP contribution is 2.35. The van der Waals surface area contributed by atoms with Crippen molar-refractivity contribution in [2.45, 2.75) is 37.8 Å². The van der Waals surface area contributed by atoms with Crippen LogP contribution in [0.15, 0.2) is 53.3 Å². The van der Waals surface area contributed by atoms with E-state index in [-0.39, 0.29) is 17.3 Å². The van der Waals surface area contributed by atoms with Crippen molar-refractivity contribution in [2.24, 2.45) is 0 Å². The van der Waals surface area contributed by atoms with Gasteiger partial charge in [-0.1, -0.05) is 12.8 Å². The minimum atomic E-state index is -0.432. The lowest BCUT2D eigenvalue weighted by molar-refractivity contribution is -0.384. The SMILES string of the molecule is COc1ccc2[nH]c(=O)c([C@H](c3nnnn3C3CCCC3)N3CCN(c4ccc([N+](=O)[O-])cc4)CC3)cc2c1. The summed E-state index contributed by atoms with van der Waals surface area (Å²) in [6.07, 6.45) is 4.31. The predicted octanol–water partition coefficient (Wildman–Crippen LogP) is 3.46. The van der Waals surface area contributed by atoms with Crippen LogP contribution in [0.2, 0.25) is 0 Å². The van der Waals surface area contributed by atoms with Crippen LogP contribution in [-0.2, 0) is 0 Å². The van der Waals surface area contributed by atoms with Crippen LogP contribution in [0, 0.1) is 10.1 Å². The van der Waals surface area contributed by atoms with E-state index in [0.29, 0.717) is 43.3 Å². The molecule has 0 unspecified atom stereocenters. The molecule has 12 heteroatoms. The standard InChI is InChI=1S/C27H30N8O4/c1-39-22-10-11-24-18(16-22)17-23(27(36)28-24)25(26-29-30-31-34(26)20-4-2-3-5-20)33-14-12-32(13-15-33)19-6-8-21(9-7-19)35(37)38/h6-11,16-17,20,25H,2-5,12-15H2,1H3,(H,28,36)/t25-/m1/s1. The molecule has 39 heavy (non-hydrogen) atoms. The molecule has 1 saturated carbocycles. The molecule has 0 radical (unpaired) electrons. The van der Waals surface area contributed by atoms with Crippen molar-refractivity contribution in [3.8, 4) is 5.75 Å². The number of hydrogen-bond acceptors (Lipinski definition) is 9. The van der Waals surface area contributed by atoms with E-state index in [0.717, 1.165) is 42.3 Å². The van der Waals surface area contributed by atoms with Crippen LogP contribution < -0.4 is 15.2 Å². The Balaban J connectivity index is 1.35. The molecule has 1 atom stereocenters. The fourth-order valence-electron chi connectivity index (χ4n) is 5.84. The van der Waals surface area contributed by atoms with Gasteiger partial charge in [0.2, 0.25) is 0 Å². The molecule has 0 spiro atoms. The number of rotatable bonds is 7. The molecule has 2 fully saturated rings. The summed E-state index contributed by atoms with van der Waals surface area (Å²) >= 11 is 0.